The number of hydrogen-bond donors (Lipinski definition) is 1. The third-order valence-electron chi connectivity index (χ3n) is 4.93. The molecule has 0 spiro atoms. The zero-order chi connectivity index (χ0) is 22.4. The minimum Gasteiger partial charge on any atom is -0.497 e. The molecule has 3 rings (SSSR count). The monoisotopic (exact) mass is 426 g/mol. The minimum atomic E-state index is -0.571. The normalized spacial score (nSPS) is 16.6. The molecular weight excluding hydrogens is 396 g/mol. The first kappa shape index (κ1) is 22.4. The van der Waals surface area contributed by atoms with Crippen molar-refractivity contribution in [3.05, 3.63) is 54.4 Å². The van der Waals surface area contributed by atoms with Crippen LogP contribution < -0.4 is 10.1 Å². The van der Waals surface area contributed by atoms with Crippen LogP contribution in [0, 0.1) is 0 Å². The zero-order valence-electron chi connectivity index (χ0n) is 18.5. The molecule has 3 amide bonds. The Morgan fingerprint density at radius 1 is 1.16 bits per heavy atom. The molecule has 2 aromatic rings. The van der Waals surface area contributed by atoms with Crippen LogP contribution in [0.5, 0.6) is 5.75 Å². The van der Waals surface area contributed by atoms with E-state index in [1.165, 1.54) is 0 Å². The first-order chi connectivity index (χ1) is 14.7. The van der Waals surface area contributed by atoms with Crippen molar-refractivity contribution in [1.82, 2.24) is 14.8 Å². The number of carbonyl (C=O) groups excluding carboxylic acids is 2. The molecule has 0 saturated carbocycles. The SMILES string of the molecule is COc1ccc(NC(=O)N2CCN(C(=O)OC(C)(C)C)CC2Cc2cccnc2)cc1. The quantitative estimate of drug-likeness (QED) is 0.804. The van der Waals surface area contributed by atoms with Crippen LogP contribution in [0.3, 0.4) is 0 Å². The Balaban J connectivity index is 1.73. The van der Waals surface area contributed by atoms with Gasteiger partial charge in [-0.05, 0) is 63.1 Å². The van der Waals surface area contributed by atoms with Gasteiger partial charge in [0.05, 0.1) is 13.2 Å². The second-order valence-corrected chi connectivity index (χ2v) is 8.50. The smallest absolute Gasteiger partial charge is 0.410 e. The van der Waals surface area contributed by atoms with E-state index in [2.05, 4.69) is 10.3 Å². The lowest BCUT2D eigenvalue weighted by Crippen LogP contribution is -2.58. The second kappa shape index (κ2) is 9.68. The van der Waals surface area contributed by atoms with Crippen molar-refractivity contribution in [1.29, 1.82) is 0 Å². The highest BCUT2D eigenvalue weighted by atomic mass is 16.6. The molecule has 31 heavy (non-hydrogen) atoms. The number of benzene rings is 1. The fourth-order valence-electron chi connectivity index (χ4n) is 3.45. The van der Waals surface area contributed by atoms with Crippen molar-refractivity contribution in [3.8, 4) is 5.75 Å². The predicted octanol–water partition coefficient (Wildman–Crippen LogP) is 3.79. The van der Waals surface area contributed by atoms with E-state index in [4.69, 9.17) is 9.47 Å². The number of urea groups is 1. The van der Waals surface area contributed by atoms with Gasteiger partial charge in [-0.3, -0.25) is 4.98 Å². The summed E-state index contributed by atoms with van der Waals surface area (Å²) in [6, 6.07) is 10.6. The fourth-order valence-corrected chi connectivity index (χ4v) is 3.45. The Morgan fingerprint density at radius 3 is 2.52 bits per heavy atom. The topological polar surface area (TPSA) is 84.0 Å². The Labute approximate surface area is 183 Å². The summed E-state index contributed by atoms with van der Waals surface area (Å²) >= 11 is 0. The molecule has 1 aromatic heterocycles. The number of methoxy groups -OCH3 is 1. The van der Waals surface area contributed by atoms with Gasteiger partial charge in [0.1, 0.15) is 11.4 Å². The standard InChI is InChI=1S/C23H30N4O4/c1-23(2,3)31-22(29)26-12-13-27(19(16-26)14-17-6-5-11-24-15-17)21(28)25-18-7-9-20(30-4)10-8-18/h5-11,15,19H,12-14,16H2,1-4H3,(H,25,28). The number of carbonyl (C=O) groups is 2. The summed E-state index contributed by atoms with van der Waals surface area (Å²) in [5.74, 6) is 0.721. The van der Waals surface area contributed by atoms with Gasteiger partial charge >= 0.3 is 12.1 Å². The van der Waals surface area contributed by atoms with Gasteiger partial charge < -0.3 is 24.6 Å². The van der Waals surface area contributed by atoms with E-state index < -0.39 is 5.60 Å². The van der Waals surface area contributed by atoms with Crippen molar-refractivity contribution >= 4 is 17.8 Å². The molecule has 8 nitrogen and oxygen atoms in total. The Morgan fingerprint density at radius 2 is 1.90 bits per heavy atom. The van der Waals surface area contributed by atoms with Crippen LogP contribution in [0.15, 0.2) is 48.8 Å². The third-order valence-corrected chi connectivity index (χ3v) is 4.93. The summed E-state index contributed by atoms with van der Waals surface area (Å²) in [6.45, 7) is 6.74. The average Bonchev–Trinajstić information content (AvgIpc) is 2.73. The molecule has 1 fully saturated rings. The van der Waals surface area contributed by atoms with Gasteiger partial charge in [-0.25, -0.2) is 9.59 Å². The van der Waals surface area contributed by atoms with Crippen LogP contribution in [-0.2, 0) is 11.2 Å². The van der Waals surface area contributed by atoms with Crippen LogP contribution in [0.4, 0.5) is 15.3 Å². The molecule has 1 aromatic carbocycles. The van der Waals surface area contributed by atoms with E-state index in [0.717, 1.165) is 11.3 Å². The molecule has 0 aliphatic carbocycles. The van der Waals surface area contributed by atoms with E-state index in [0.29, 0.717) is 31.7 Å². The predicted molar refractivity (Wildman–Crippen MR) is 118 cm³/mol. The third kappa shape index (κ3) is 6.34. The van der Waals surface area contributed by atoms with E-state index in [1.54, 1.807) is 53.6 Å². The Kier molecular flexibility index (Phi) is 6.99. The van der Waals surface area contributed by atoms with E-state index in [-0.39, 0.29) is 18.2 Å². The highest BCUT2D eigenvalue weighted by Gasteiger charge is 2.34. The number of rotatable bonds is 4. The first-order valence-electron chi connectivity index (χ1n) is 10.3. The van der Waals surface area contributed by atoms with Crippen molar-refractivity contribution in [2.24, 2.45) is 0 Å². The summed E-state index contributed by atoms with van der Waals surface area (Å²) in [6.07, 6.45) is 3.72. The number of aromatic nitrogens is 1. The maximum Gasteiger partial charge on any atom is 0.410 e. The number of ether oxygens (including phenoxy) is 2. The number of amides is 3. The van der Waals surface area contributed by atoms with Gasteiger partial charge in [-0.1, -0.05) is 6.07 Å². The van der Waals surface area contributed by atoms with Crippen LogP contribution in [0.1, 0.15) is 26.3 Å². The number of nitrogens with zero attached hydrogens (tertiary/aromatic N) is 3. The van der Waals surface area contributed by atoms with Gasteiger partial charge in [-0.2, -0.15) is 0 Å². The number of pyridine rings is 1. The van der Waals surface area contributed by atoms with Crippen molar-refractivity contribution in [3.63, 3.8) is 0 Å². The molecule has 2 heterocycles. The van der Waals surface area contributed by atoms with Crippen LogP contribution in [0.25, 0.3) is 0 Å². The number of piperazine rings is 1. The summed E-state index contributed by atoms with van der Waals surface area (Å²) in [4.78, 5) is 33.3. The summed E-state index contributed by atoms with van der Waals surface area (Å²) in [5, 5.41) is 2.94. The highest BCUT2D eigenvalue weighted by Crippen LogP contribution is 2.20. The molecule has 1 atom stereocenters. The molecule has 0 radical (unpaired) electrons. The highest BCUT2D eigenvalue weighted by molar-refractivity contribution is 5.89. The molecule has 1 saturated heterocycles. The Bertz CT molecular complexity index is 881. The van der Waals surface area contributed by atoms with Gasteiger partial charge in [0, 0.05) is 37.7 Å². The molecule has 1 unspecified atom stereocenters. The lowest BCUT2D eigenvalue weighted by molar-refractivity contribution is 0.00976. The van der Waals surface area contributed by atoms with Gasteiger partial charge in [0.15, 0.2) is 0 Å². The van der Waals surface area contributed by atoms with Gasteiger partial charge in [-0.15, -0.1) is 0 Å². The Hall–Kier alpha value is -3.29. The van der Waals surface area contributed by atoms with Crippen molar-refractivity contribution < 1.29 is 19.1 Å². The summed E-state index contributed by atoms with van der Waals surface area (Å²) in [7, 11) is 1.60. The second-order valence-electron chi connectivity index (χ2n) is 8.50. The average molecular weight is 427 g/mol. The lowest BCUT2D eigenvalue weighted by Gasteiger charge is -2.41. The summed E-state index contributed by atoms with van der Waals surface area (Å²) in [5.41, 5.74) is 1.11. The van der Waals surface area contributed by atoms with Gasteiger partial charge in [0.2, 0.25) is 0 Å². The maximum absolute atomic E-state index is 13.1. The summed E-state index contributed by atoms with van der Waals surface area (Å²) < 4.78 is 10.7. The van der Waals surface area contributed by atoms with E-state index in [1.807, 2.05) is 32.9 Å². The molecular formula is C23H30N4O4. The molecule has 1 aliphatic rings. The van der Waals surface area contributed by atoms with E-state index >= 15 is 0 Å². The number of hydrogen-bond acceptors (Lipinski definition) is 5. The largest absolute Gasteiger partial charge is 0.497 e. The van der Waals surface area contributed by atoms with Crippen molar-refractivity contribution in [2.45, 2.75) is 38.8 Å². The number of anilines is 1. The molecule has 1 N–H and O–H groups in total. The van der Waals surface area contributed by atoms with Crippen LogP contribution >= 0.6 is 0 Å². The molecule has 0 bridgehead atoms. The van der Waals surface area contributed by atoms with E-state index in [9.17, 15) is 9.59 Å². The van der Waals surface area contributed by atoms with Gasteiger partial charge in [0.25, 0.3) is 0 Å². The minimum absolute atomic E-state index is 0.205. The van der Waals surface area contributed by atoms with Crippen molar-refractivity contribution in [2.75, 3.05) is 32.1 Å². The number of nitrogens with one attached hydrogen (secondary N) is 1. The molecule has 8 heteroatoms. The maximum atomic E-state index is 13.1. The van der Waals surface area contributed by atoms with Crippen LogP contribution in [0.2, 0.25) is 0 Å². The molecule has 1 aliphatic heterocycles. The fraction of sp³-hybridized carbons (Fsp3) is 0.435. The first-order valence-corrected chi connectivity index (χ1v) is 10.3. The lowest BCUT2D eigenvalue weighted by atomic mass is 10.0. The van der Waals surface area contributed by atoms with Crippen LogP contribution in [-0.4, -0.2) is 65.3 Å². The zero-order valence-corrected chi connectivity index (χ0v) is 18.5. The molecule has 166 valence electrons.